The summed E-state index contributed by atoms with van der Waals surface area (Å²) < 4.78 is 5.25. The lowest BCUT2D eigenvalue weighted by molar-refractivity contribution is 0.434. The quantitative estimate of drug-likeness (QED) is 0.719. The van der Waals surface area contributed by atoms with Crippen molar-refractivity contribution >= 4 is 11.3 Å². The van der Waals surface area contributed by atoms with Crippen LogP contribution < -0.4 is 10.6 Å². The van der Waals surface area contributed by atoms with E-state index in [2.05, 4.69) is 49.0 Å². The van der Waals surface area contributed by atoms with Crippen LogP contribution in [0.25, 0.3) is 0 Å². The highest BCUT2D eigenvalue weighted by Gasteiger charge is 2.17. The van der Waals surface area contributed by atoms with E-state index in [1.807, 2.05) is 17.6 Å². The Bertz CT molecular complexity index is 507. The smallest absolute Gasteiger partial charge is 0.0950 e. The number of nitrogens with one attached hydrogen (secondary N) is 2. The molecule has 116 valence electrons. The Labute approximate surface area is 131 Å². The molecular formula is C17H26N2OS. The molecule has 3 nitrogen and oxygen atoms in total. The summed E-state index contributed by atoms with van der Waals surface area (Å²) in [6, 6.07) is 5.08. The van der Waals surface area contributed by atoms with Crippen LogP contribution in [-0.4, -0.2) is 13.6 Å². The van der Waals surface area contributed by atoms with Crippen LogP contribution in [0.15, 0.2) is 34.5 Å². The van der Waals surface area contributed by atoms with Gasteiger partial charge in [-0.15, -0.1) is 11.3 Å². The molecule has 2 atom stereocenters. The van der Waals surface area contributed by atoms with Gasteiger partial charge >= 0.3 is 0 Å². The van der Waals surface area contributed by atoms with Crippen molar-refractivity contribution in [3.8, 4) is 0 Å². The lowest BCUT2D eigenvalue weighted by atomic mass is 9.99. The number of furan rings is 1. The Balaban J connectivity index is 1.98. The van der Waals surface area contributed by atoms with E-state index in [1.165, 1.54) is 16.0 Å². The largest absolute Gasteiger partial charge is 0.472 e. The Morgan fingerprint density at radius 3 is 2.62 bits per heavy atom. The lowest BCUT2D eigenvalue weighted by Gasteiger charge is -2.21. The number of aryl methyl sites for hydroxylation is 1. The van der Waals surface area contributed by atoms with Gasteiger partial charge in [-0.1, -0.05) is 6.92 Å². The molecule has 0 radical (unpaired) electrons. The third-order valence-corrected chi connectivity index (χ3v) is 5.03. The third-order valence-electron chi connectivity index (χ3n) is 3.90. The van der Waals surface area contributed by atoms with Gasteiger partial charge in [0.05, 0.1) is 12.5 Å². The van der Waals surface area contributed by atoms with Crippen LogP contribution in [0.5, 0.6) is 0 Å². The first-order valence-electron chi connectivity index (χ1n) is 7.73. The minimum atomic E-state index is 0.375. The molecule has 0 aromatic carbocycles. The van der Waals surface area contributed by atoms with Gasteiger partial charge in [-0.05, 0) is 62.9 Å². The van der Waals surface area contributed by atoms with Crippen molar-refractivity contribution in [2.45, 2.75) is 45.2 Å². The normalized spacial score (nSPS) is 14.2. The molecule has 0 aliphatic rings. The zero-order chi connectivity index (χ0) is 15.1. The van der Waals surface area contributed by atoms with Crippen LogP contribution in [0.1, 0.15) is 54.3 Å². The molecule has 0 aliphatic carbocycles. The van der Waals surface area contributed by atoms with Crippen molar-refractivity contribution in [2.75, 3.05) is 13.6 Å². The van der Waals surface area contributed by atoms with Crippen molar-refractivity contribution in [1.82, 2.24) is 10.6 Å². The molecule has 0 saturated heterocycles. The van der Waals surface area contributed by atoms with E-state index in [4.69, 9.17) is 4.42 Å². The predicted octanol–water partition coefficient (Wildman–Crippen LogP) is 4.43. The molecule has 4 heteroatoms. The molecular weight excluding hydrogens is 280 g/mol. The fraction of sp³-hybridized carbons (Fsp3) is 0.529. The summed E-state index contributed by atoms with van der Waals surface area (Å²) in [5.41, 5.74) is 2.64. The van der Waals surface area contributed by atoms with Gasteiger partial charge in [0.2, 0.25) is 0 Å². The highest BCUT2D eigenvalue weighted by molar-refractivity contribution is 7.10. The molecule has 0 fully saturated rings. The third kappa shape index (κ3) is 4.43. The Morgan fingerprint density at radius 1 is 1.24 bits per heavy atom. The highest BCUT2D eigenvalue weighted by Crippen LogP contribution is 2.30. The van der Waals surface area contributed by atoms with Crippen molar-refractivity contribution in [2.24, 2.45) is 0 Å². The van der Waals surface area contributed by atoms with E-state index in [9.17, 15) is 0 Å². The van der Waals surface area contributed by atoms with E-state index in [-0.39, 0.29) is 0 Å². The summed E-state index contributed by atoms with van der Waals surface area (Å²) in [6.07, 6.45) is 6.98. The number of rotatable bonds is 9. The molecule has 2 N–H and O–H groups in total. The Morgan fingerprint density at radius 2 is 2.05 bits per heavy atom. The van der Waals surface area contributed by atoms with E-state index >= 15 is 0 Å². The van der Waals surface area contributed by atoms with Crippen LogP contribution >= 0.6 is 11.3 Å². The molecule has 0 saturated carbocycles. The number of hydrogen-bond acceptors (Lipinski definition) is 4. The minimum absolute atomic E-state index is 0.375. The van der Waals surface area contributed by atoms with Gasteiger partial charge in [0.15, 0.2) is 0 Å². The Kier molecular flexibility index (Phi) is 6.49. The number of hydrogen-bond donors (Lipinski definition) is 2. The second kappa shape index (κ2) is 8.37. The maximum atomic E-state index is 5.25. The van der Waals surface area contributed by atoms with Crippen molar-refractivity contribution < 1.29 is 4.42 Å². The zero-order valence-corrected chi connectivity index (χ0v) is 14.0. The van der Waals surface area contributed by atoms with Crippen LogP contribution in [0.3, 0.4) is 0 Å². The summed E-state index contributed by atoms with van der Waals surface area (Å²) in [5.74, 6) is 0. The standard InChI is InChI=1S/C17H26N2OS/c1-4-9-19-15(14-7-10-20-12-14)5-6-16(18-3)17-13(2)8-11-21-17/h7-8,10-12,15-16,18-19H,4-6,9H2,1-3H3. The van der Waals surface area contributed by atoms with Crippen LogP contribution in [0.2, 0.25) is 0 Å². The Hall–Kier alpha value is -1.10. The first kappa shape index (κ1) is 16.3. The molecule has 2 rings (SSSR count). The summed E-state index contributed by atoms with van der Waals surface area (Å²) in [7, 11) is 2.05. The van der Waals surface area contributed by atoms with Crippen LogP contribution in [0, 0.1) is 6.92 Å². The summed E-state index contributed by atoms with van der Waals surface area (Å²) in [5, 5.41) is 9.27. The van der Waals surface area contributed by atoms with Gasteiger partial charge in [-0.3, -0.25) is 0 Å². The maximum Gasteiger partial charge on any atom is 0.0950 e. The van der Waals surface area contributed by atoms with Gasteiger partial charge in [-0.25, -0.2) is 0 Å². The fourth-order valence-corrected chi connectivity index (χ4v) is 3.73. The van der Waals surface area contributed by atoms with E-state index in [0.717, 1.165) is 25.8 Å². The first-order chi connectivity index (χ1) is 10.3. The molecule has 0 bridgehead atoms. The van der Waals surface area contributed by atoms with Crippen LogP contribution in [0.4, 0.5) is 0 Å². The van der Waals surface area contributed by atoms with Gasteiger partial charge in [0, 0.05) is 22.5 Å². The monoisotopic (exact) mass is 306 g/mol. The van der Waals surface area contributed by atoms with Gasteiger partial charge in [-0.2, -0.15) is 0 Å². The average Bonchev–Trinajstić information content (AvgIpc) is 3.15. The minimum Gasteiger partial charge on any atom is -0.472 e. The van der Waals surface area contributed by atoms with Crippen molar-refractivity contribution in [1.29, 1.82) is 0 Å². The summed E-state index contributed by atoms with van der Waals surface area (Å²) >= 11 is 1.85. The molecule has 21 heavy (non-hydrogen) atoms. The zero-order valence-electron chi connectivity index (χ0n) is 13.2. The average molecular weight is 306 g/mol. The van der Waals surface area contributed by atoms with E-state index in [0.29, 0.717) is 12.1 Å². The SMILES string of the molecule is CCCNC(CCC(NC)c1sccc1C)c1ccoc1. The highest BCUT2D eigenvalue weighted by atomic mass is 32.1. The van der Waals surface area contributed by atoms with Crippen molar-refractivity contribution in [3.63, 3.8) is 0 Å². The predicted molar refractivity (Wildman–Crippen MR) is 89.8 cm³/mol. The van der Waals surface area contributed by atoms with Crippen molar-refractivity contribution in [3.05, 3.63) is 46.0 Å². The van der Waals surface area contributed by atoms with E-state index in [1.54, 1.807) is 6.26 Å². The van der Waals surface area contributed by atoms with Gasteiger partial charge < -0.3 is 15.1 Å². The second-order valence-corrected chi connectivity index (χ2v) is 6.40. The van der Waals surface area contributed by atoms with Gasteiger partial charge in [0.1, 0.15) is 0 Å². The molecule has 2 heterocycles. The lowest BCUT2D eigenvalue weighted by Crippen LogP contribution is -2.24. The summed E-state index contributed by atoms with van der Waals surface area (Å²) in [6.45, 7) is 5.43. The van der Waals surface area contributed by atoms with Gasteiger partial charge in [0.25, 0.3) is 0 Å². The molecule has 0 spiro atoms. The summed E-state index contributed by atoms with van der Waals surface area (Å²) in [4.78, 5) is 1.46. The maximum absolute atomic E-state index is 5.25. The topological polar surface area (TPSA) is 37.2 Å². The number of thiophene rings is 1. The fourth-order valence-electron chi connectivity index (χ4n) is 2.66. The molecule has 2 unspecified atom stereocenters. The molecule has 2 aromatic rings. The first-order valence-corrected chi connectivity index (χ1v) is 8.61. The van der Waals surface area contributed by atoms with E-state index < -0.39 is 0 Å². The molecule has 0 amide bonds. The second-order valence-electron chi connectivity index (χ2n) is 5.45. The molecule has 2 aromatic heterocycles. The van der Waals surface area contributed by atoms with Crippen LogP contribution in [-0.2, 0) is 0 Å². The molecule has 0 aliphatic heterocycles.